The zero-order chi connectivity index (χ0) is 18.7. The number of ether oxygens (including phenoxy) is 1. The first-order valence-electron chi connectivity index (χ1n) is 8.75. The van der Waals surface area contributed by atoms with E-state index in [0.717, 1.165) is 5.56 Å². The topological polar surface area (TPSA) is 66.8 Å². The van der Waals surface area contributed by atoms with Crippen LogP contribution in [0.5, 0.6) is 0 Å². The van der Waals surface area contributed by atoms with Gasteiger partial charge >= 0.3 is 12.2 Å². The van der Waals surface area contributed by atoms with Gasteiger partial charge in [0, 0.05) is 13.0 Å². The van der Waals surface area contributed by atoms with Crippen molar-refractivity contribution < 1.29 is 23.9 Å². The molecular formula is C19H29N2O4+. The van der Waals surface area contributed by atoms with Crippen LogP contribution in [0.2, 0.25) is 0 Å². The molecule has 1 aliphatic rings. The van der Waals surface area contributed by atoms with Gasteiger partial charge in [0.05, 0.1) is 12.6 Å². The van der Waals surface area contributed by atoms with Gasteiger partial charge in [-0.05, 0) is 33.3 Å². The van der Waals surface area contributed by atoms with Crippen LogP contribution in [-0.2, 0) is 11.3 Å². The highest BCUT2D eigenvalue weighted by Gasteiger charge is 2.53. The van der Waals surface area contributed by atoms with E-state index in [1.807, 2.05) is 58.0 Å². The van der Waals surface area contributed by atoms with Gasteiger partial charge in [-0.3, -0.25) is 0 Å². The number of benzene rings is 1. The minimum absolute atomic E-state index is 0.0462. The Bertz CT molecular complexity index is 612. The van der Waals surface area contributed by atoms with Crippen molar-refractivity contribution in [1.82, 2.24) is 4.90 Å². The van der Waals surface area contributed by atoms with Crippen molar-refractivity contribution in [2.45, 2.75) is 52.3 Å². The molecule has 1 aromatic rings. The summed E-state index contributed by atoms with van der Waals surface area (Å²) in [5.41, 5.74) is 0.485. The van der Waals surface area contributed by atoms with E-state index in [1.165, 1.54) is 0 Å². The molecule has 6 heteroatoms. The van der Waals surface area contributed by atoms with Gasteiger partial charge in [-0.25, -0.2) is 9.28 Å². The fourth-order valence-corrected chi connectivity index (χ4v) is 3.73. The Labute approximate surface area is 149 Å². The van der Waals surface area contributed by atoms with Crippen molar-refractivity contribution in [1.29, 1.82) is 0 Å². The van der Waals surface area contributed by atoms with Crippen LogP contribution >= 0.6 is 0 Å². The molecule has 1 heterocycles. The van der Waals surface area contributed by atoms with Crippen LogP contribution in [0.3, 0.4) is 0 Å². The zero-order valence-corrected chi connectivity index (χ0v) is 15.6. The third-order valence-electron chi connectivity index (χ3n) is 5.29. The van der Waals surface area contributed by atoms with E-state index in [2.05, 4.69) is 0 Å². The summed E-state index contributed by atoms with van der Waals surface area (Å²) in [6.45, 7) is 9.28. The molecule has 2 amide bonds. The molecule has 0 aromatic heterocycles. The minimum atomic E-state index is -0.834. The molecule has 0 saturated carbocycles. The summed E-state index contributed by atoms with van der Waals surface area (Å²) in [6, 6.07) is 9.45. The molecule has 1 aliphatic heterocycles. The molecule has 6 nitrogen and oxygen atoms in total. The second kappa shape index (κ2) is 7.44. The predicted octanol–water partition coefficient (Wildman–Crippen LogP) is 3.71. The molecule has 0 aliphatic carbocycles. The fourth-order valence-electron chi connectivity index (χ4n) is 3.73. The highest BCUT2D eigenvalue weighted by Crippen LogP contribution is 2.32. The van der Waals surface area contributed by atoms with Gasteiger partial charge < -0.3 is 14.7 Å². The predicted molar refractivity (Wildman–Crippen MR) is 95.2 cm³/mol. The summed E-state index contributed by atoms with van der Waals surface area (Å²) in [6.07, 6.45) is -0.584. The van der Waals surface area contributed by atoms with Gasteiger partial charge in [0.15, 0.2) is 0 Å². The Kier molecular flexibility index (Phi) is 5.72. The third-order valence-corrected chi connectivity index (χ3v) is 5.29. The van der Waals surface area contributed by atoms with E-state index in [0.29, 0.717) is 26.1 Å². The van der Waals surface area contributed by atoms with Crippen molar-refractivity contribution >= 4 is 12.2 Å². The summed E-state index contributed by atoms with van der Waals surface area (Å²) in [7, 11) is 0. The number of amides is 2. The largest absolute Gasteiger partial charge is 0.514 e. The number of carboxylic acid groups (broad SMARTS) is 1. The van der Waals surface area contributed by atoms with Crippen LogP contribution < -0.4 is 0 Å². The molecule has 1 N–H and O–H groups in total. The van der Waals surface area contributed by atoms with Crippen LogP contribution in [0.15, 0.2) is 30.3 Å². The van der Waals surface area contributed by atoms with Crippen LogP contribution in [0.1, 0.15) is 39.7 Å². The van der Waals surface area contributed by atoms with Crippen molar-refractivity contribution in [2.24, 2.45) is 0 Å². The smallest absolute Gasteiger partial charge is 0.445 e. The molecule has 138 valence electrons. The van der Waals surface area contributed by atoms with Crippen LogP contribution in [0.25, 0.3) is 0 Å². The van der Waals surface area contributed by atoms with Crippen molar-refractivity contribution in [2.75, 3.05) is 19.6 Å². The first-order valence-corrected chi connectivity index (χ1v) is 8.75. The average molecular weight is 349 g/mol. The monoisotopic (exact) mass is 349 g/mol. The number of hydrogen-bond donors (Lipinski definition) is 1. The lowest BCUT2D eigenvalue weighted by Gasteiger charge is -2.46. The molecule has 1 unspecified atom stereocenters. The standard InChI is InChI=1S/C19H28N2O4/c1-15-10-11-20(12-13-21(15,18(23)24)19(2,3)4)17(22)25-14-16-8-6-5-7-9-16/h5-9,15H,10-14H2,1-4H3/p+1/t15-,21?/m0/s1. The Morgan fingerprint density at radius 3 is 2.44 bits per heavy atom. The van der Waals surface area contributed by atoms with E-state index in [1.54, 1.807) is 4.90 Å². The Morgan fingerprint density at radius 2 is 1.88 bits per heavy atom. The highest BCUT2D eigenvalue weighted by atomic mass is 16.6. The molecule has 1 fully saturated rings. The Morgan fingerprint density at radius 1 is 1.24 bits per heavy atom. The molecule has 0 radical (unpaired) electrons. The molecular weight excluding hydrogens is 320 g/mol. The second-order valence-corrected chi connectivity index (χ2v) is 7.71. The number of nitrogens with zero attached hydrogens (tertiary/aromatic N) is 2. The number of carbonyl (C=O) groups is 2. The van der Waals surface area contributed by atoms with Gasteiger partial charge in [-0.15, -0.1) is 0 Å². The van der Waals surface area contributed by atoms with E-state index < -0.39 is 11.6 Å². The molecule has 1 saturated heterocycles. The Hall–Kier alpha value is -2.08. The lowest BCUT2D eigenvalue weighted by Crippen LogP contribution is -2.68. The number of rotatable bonds is 2. The molecule has 1 aromatic carbocycles. The number of quaternary nitrogens is 1. The van der Waals surface area contributed by atoms with Gasteiger partial charge in [0.1, 0.15) is 18.7 Å². The lowest BCUT2D eigenvalue weighted by molar-refractivity contribution is -0.922. The van der Waals surface area contributed by atoms with Crippen molar-refractivity contribution in [3.8, 4) is 0 Å². The first-order chi connectivity index (χ1) is 11.7. The summed E-state index contributed by atoms with van der Waals surface area (Å²) in [4.78, 5) is 26.2. The Balaban J connectivity index is 2.06. The van der Waals surface area contributed by atoms with Gasteiger partial charge in [0.25, 0.3) is 0 Å². The lowest BCUT2D eigenvalue weighted by atomic mass is 9.97. The highest BCUT2D eigenvalue weighted by molar-refractivity contribution is 5.67. The van der Waals surface area contributed by atoms with E-state index >= 15 is 0 Å². The maximum atomic E-state index is 12.4. The van der Waals surface area contributed by atoms with Crippen LogP contribution in [-0.4, -0.2) is 57.9 Å². The maximum absolute atomic E-state index is 12.4. The maximum Gasteiger partial charge on any atom is 0.514 e. The third kappa shape index (κ3) is 3.95. The van der Waals surface area contributed by atoms with E-state index in [9.17, 15) is 14.7 Å². The van der Waals surface area contributed by atoms with Crippen LogP contribution in [0.4, 0.5) is 9.59 Å². The minimum Gasteiger partial charge on any atom is -0.445 e. The van der Waals surface area contributed by atoms with E-state index in [-0.39, 0.29) is 23.2 Å². The van der Waals surface area contributed by atoms with Gasteiger partial charge in [-0.1, -0.05) is 30.3 Å². The number of hydrogen-bond acceptors (Lipinski definition) is 3. The summed E-state index contributed by atoms with van der Waals surface area (Å²) in [5, 5.41) is 9.93. The fraction of sp³-hybridized carbons (Fsp3) is 0.579. The average Bonchev–Trinajstić information content (AvgIpc) is 2.73. The van der Waals surface area contributed by atoms with E-state index in [4.69, 9.17) is 4.74 Å². The normalized spacial score (nSPS) is 24.5. The molecule has 0 bridgehead atoms. The van der Waals surface area contributed by atoms with Gasteiger partial charge in [0.2, 0.25) is 0 Å². The first kappa shape index (κ1) is 19.2. The summed E-state index contributed by atoms with van der Waals surface area (Å²) >= 11 is 0. The summed E-state index contributed by atoms with van der Waals surface area (Å²) in [5.74, 6) is 0. The quantitative estimate of drug-likeness (QED) is 0.827. The second-order valence-electron chi connectivity index (χ2n) is 7.71. The van der Waals surface area contributed by atoms with Crippen molar-refractivity contribution in [3.63, 3.8) is 0 Å². The molecule has 2 rings (SSSR count). The molecule has 2 atom stereocenters. The number of carbonyl (C=O) groups excluding carboxylic acids is 1. The SMILES string of the molecule is C[C@H]1CCN(C(=O)OCc2ccccc2)CC[N+]1(C(=O)O)C(C)(C)C. The summed E-state index contributed by atoms with van der Waals surface area (Å²) < 4.78 is 5.36. The zero-order valence-electron chi connectivity index (χ0n) is 15.6. The molecule has 25 heavy (non-hydrogen) atoms. The molecule has 0 spiro atoms. The van der Waals surface area contributed by atoms with Crippen LogP contribution in [0, 0.1) is 0 Å². The van der Waals surface area contributed by atoms with Gasteiger partial charge in [-0.2, -0.15) is 4.79 Å². The van der Waals surface area contributed by atoms with Crippen molar-refractivity contribution in [3.05, 3.63) is 35.9 Å².